The number of hydrogen-bond donors (Lipinski definition) is 8. The van der Waals surface area contributed by atoms with Crippen LogP contribution in [0, 0.1) is 11.8 Å². The highest BCUT2D eigenvalue weighted by atomic mass is 16.5. The van der Waals surface area contributed by atoms with E-state index in [4.69, 9.17) is 10.5 Å². The van der Waals surface area contributed by atoms with Gasteiger partial charge in [-0.15, -0.1) is 0 Å². The highest BCUT2D eigenvalue weighted by Crippen LogP contribution is 2.26. The number of fused-ring (bicyclic) bond motifs is 2. The molecule has 0 aromatic heterocycles. The lowest BCUT2D eigenvalue weighted by Gasteiger charge is -2.43. The molecule has 3 rings (SSSR count). The third-order valence-corrected chi connectivity index (χ3v) is 11.8. The number of piperidine rings is 1. The molecule has 2 bridgehead atoms. The zero-order valence-electron chi connectivity index (χ0n) is 39.4. The molecule has 2 fully saturated rings. The van der Waals surface area contributed by atoms with Gasteiger partial charge < -0.3 is 57.1 Å². The first-order valence-electron chi connectivity index (χ1n) is 23.1. The highest BCUT2D eigenvalue weighted by molar-refractivity contribution is 5.98. The van der Waals surface area contributed by atoms with Crippen molar-refractivity contribution in [1.29, 1.82) is 0 Å². The number of cyclic esters (lactones) is 1. The molecule has 0 spiro atoms. The van der Waals surface area contributed by atoms with Gasteiger partial charge in [0.25, 0.3) is 0 Å². The zero-order chi connectivity index (χ0) is 49.2. The van der Waals surface area contributed by atoms with Crippen LogP contribution in [0.15, 0.2) is 30.3 Å². The molecule has 9 atom stereocenters. The van der Waals surface area contributed by atoms with Crippen LogP contribution in [-0.2, 0) is 54.3 Å². The number of likely N-dealkylation sites (N-methyl/N-ethyl adjacent to an activating group) is 1. The number of nitrogens with zero attached hydrogens (tertiary/aromatic N) is 2. The molecule has 20 nitrogen and oxygen atoms in total. The average Bonchev–Trinajstić information content (AvgIpc) is 3.25. The van der Waals surface area contributed by atoms with Crippen molar-refractivity contribution in [2.24, 2.45) is 17.6 Å². The lowest BCUT2D eigenvalue weighted by molar-refractivity contribution is -0.166. The van der Waals surface area contributed by atoms with E-state index in [1.807, 2.05) is 20.8 Å². The van der Waals surface area contributed by atoms with Gasteiger partial charge in [0.15, 0.2) is 0 Å². The molecule has 368 valence electrons. The van der Waals surface area contributed by atoms with Gasteiger partial charge in [0.05, 0.1) is 6.42 Å². The third kappa shape index (κ3) is 16.1. The van der Waals surface area contributed by atoms with Gasteiger partial charge in [-0.3, -0.25) is 38.4 Å². The lowest BCUT2D eigenvalue weighted by atomic mass is 9.94. The maximum absolute atomic E-state index is 14.7. The first-order chi connectivity index (χ1) is 31.2. The number of amides is 7. The van der Waals surface area contributed by atoms with Gasteiger partial charge in [0.1, 0.15) is 54.6 Å². The second-order valence-corrected chi connectivity index (χ2v) is 18.0. The molecule has 0 radical (unpaired) electrons. The normalized spacial score (nSPS) is 25.4. The van der Waals surface area contributed by atoms with Gasteiger partial charge in [-0.25, -0.2) is 4.79 Å². The summed E-state index contributed by atoms with van der Waals surface area (Å²) in [5.74, 6) is -9.04. The Morgan fingerprint density at radius 1 is 0.879 bits per heavy atom. The van der Waals surface area contributed by atoms with Gasteiger partial charge in [0.2, 0.25) is 41.4 Å². The number of esters is 1. The standard InChI is InChI=1S/C46H72N8O12/c1-8-9-11-19-35(55)48-32(25-37(57)58)41(60)52-39-28(6)66-46(65)38(27(4)5)51-42(61)33(24-29-16-12-10-13-17-29)53(7)45(64)34(23-26(2)3)54-36(56)21-20-31(44(54)63)50-40(59)30(49-43(39)62)18-14-15-22-47/h10,12-13,16-17,26-28,30-34,36,38-39,56H,8-9,11,14-15,18-25,47H2,1-7H3,(H,48,55)(H,49,62)(H,50,59)(H,51,61)(H,52,60)(H,57,58)/t28-,30+,31+,32+,33-,34+,36+,38-,39+/m0/s1. The van der Waals surface area contributed by atoms with Crippen molar-refractivity contribution in [3.63, 3.8) is 0 Å². The molecule has 0 unspecified atom stereocenters. The van der Waals surface area contributed by atoms with E-state index in [0.29, 0.717) is 31.2 Å². The molecule has 2 aliphatic heterocycles. The van der Waals surface area contributed by atoms with Crippen LogP contribution in [0.25, 0.3) is 0 Å². The van der Waals surface area contributed by atoms with Crippen molar-refractivity contribution in [3.05, 3.63) is 35.9 Å². The molecular formula is C46H72N8O12. The number of nitrogens with two attached hydrogens (primary N) is 1. The summed E-state index contributed by atoms with van der Waals surface area (Å²) in [7, 11) is 1.40. The predicted octanol–water partition coefficient (Wildman–Crippen LogP) is 0.621. The van der Waals surface area contributed by atoms with E-state index < -0.39 is 120 Å². The topological polar surface area (TPSA) is 296 Å². The van der Waals surface area contributed by atoms with E-state index in [9.17, 15) is 53.4 Å². The molecule has 0 saturated carbocycles. The molecule has 2 saturated heterocycles. The number of aliphatic carboxylic acids is 1. The number of carboxylic acid groups (broad SMARTS) is 1. The smallest absolute Gasteiger partial charge is 0.329 e. The number of rotatable bonds is 18. The van der Waals surface area contributed by atoms with Crippen molar-refractivity contribution in [1.82, 2.24) is 36.4 Å². The summed E-state index contributed by atoms with van der Waals surface area (Å²) in [5.41, 5.74) is 6.41. The highest BCUT2D eigenvalue weighted by Gasteiger charge is 2.46. The van der Waals surface area contributed by atoms with Crippen molar-refractivity contribution >= 4 is 53.3 Å². The fraction of sp³-hybridized carbons (Fsp3) is 0.674. The number of nitrogens with one attached hydrogen (secondary N) is 5. The number of aliphatic hydroxyl groups excluding tert-OH is 1. The second kappa shape index (κ2) is 26.5. The van der Waals surface area contributed by atoms with Crippen LogP contribution in [0.4, 0.5) is 0 Å². The van der Waals surface area contributed by atoms with E-state index in [1.54, 1.807) is 44.2 Å². The summed E-state index contributed by atoms with van der Waals surface area (Å²) in [5, 5.41) is 33.9. The molecule has 9 N–H and O–H groups in total. The molecule has 2 aliphatic rings. The molecule has 7 amide bonds. The van der Waals surface area contributed by atoms with E-state index >= 15 is 0 Å². The zero-order valence-corrected chi connectivity index (χ0v) is 39.4. The molecule has 66 heavy (non-hydrogen) atoms. The Bertz CT molecular complexity index is 1850. The second-order valence-electron chi connectivity index (χ2n) is 18.0. The largest absolute Gasteiger partial charge is 0.481 e. The molecule has 20 heteroatoms. The molecule has 2 heterocycles. The Kier molecular flexibility index (Phi) is 22.0. The van der Waals surface area contributed by atoms with Gasteiger partial charge >= 0.3 is 11.9 Å². The molecule has 0 aliphatic carbocycles. The van der Waals surface area contributed by atoms with Gasteiger partial charge in [-0.05, 0) is 75.8 Å². The maximum Gasteiger partial charge on any atom is 0.329 e. The number of carbonyl (C=O) groups excluding carboxylic acids is 8. The average molecular weight is 929 g/mol. The lowest BCUT2D eigenvalue weighted by Crippen LogP contribution is -2.65. The summed E-state index contributed by atoms with van der Waals surface area (Å²) >= 11 is 0. The van der Waals surface area contributed by atoms with Crippen molar-refractivity contribution in [3.8, 4) is 0 Å². The number of carbonyl (C=O) groups is 9. The Morgan fingerprint density at radius 3 is 2.17 bits per heavy atom. The minimum atomic E-state index is -1.81. The Labute approximate surface area is 387 Å². The Balaban J connectivity index is 2.20. The fourth-order valence-corrected chi connectivity index (χ4v) is 8.01. The number of benzene rings is 1. The maximum atomic E-state index is 14.7. The first-order valence-corrected chi connectivity index (χ1v) is 23.1. The summed E-state index contributed by atoms with van der Waals surface area (Å²) in [4.78, 5) is 127. The van der Waals surface area contributed by atoms with Crippen LogP contribution in [0.5, 0.6) is 0 Å². The van der Waals surface area contributed by atoms with Gasteiger partial charge in [-0.2, -0.15) is 0 Å². The fourth-order valence-electron chi connectivity index (χ4n) is 8.01. The minimum absolute atomic E-state index is 0.00414. The van der Waals surface area contributed by atoms with Crippen LogP contribution in [-0.4, -0.2) is 142 Å². The first kappa shape index (κ1) is 54.7. The Morgan fingerprint density at radius 2 is 1.56 bits per heavy atom. The van der Waals surface area contributed by atoms with Crippen LogP contribution in [0.1, 0.15) is 118 Å². The molecular weight excluding hydrogens is 857 g/mol. The summed E-state index contributed by atoms with van der Waals surface area (Å²) in [6.45, 7) is 10.4. The number of ether oxygens (including phenoxy) is 1. The van der Waals surface area contributed by atoms with E-state index in [2.05, 4.69) is 26.6 Å². The number of aliphatic hydroxyl groups is 1. The third-order valence-electron chi connectivity index (χ3n) is 11.8. The van der Waals surface area contributed by atoms with E-state index in [-0.39, 0.29) is 51.0 Å². The van der Waals surface area contributed by atoms with Gasteiger partial charge in [-0.1, -0.05) is 77.8 Å². The molecule has 1 aromatic rings. The van der Waals surface area contributed by atoms with Gasteiger partial charge in [0, 0.05) is 19.9 Å². The number of unbranched alkanes of at least 4 members (excludes halogenated alkanes) is 3. The van der Waals surface area contributed by atoms with Crippen LogP contribution in [0.3, 0.4) is 0 Å². The van der Waals surface area contributed by atoms with Crippen molar-refractivity contribution in [2.75, 3.05) is 13.6 Å². The Hall–Kier alpha value is -5.63. The number of hydrogen-bond acceptors (Lipinski definition) is 12. The van der Waals surface area contributed by atoms with E-state index in [1.165, 1.54) is 18.9 Å². The van der Waals surface area contributed by atoms with Crippen molar-refractivity contribution < 1.29 is 58.1 Å². The van der Waals surface area contributed by atoms with Crippen LogP contribution >= 0.6 is 0 Å². The SMILES string of the molecule is CCCCCC(=O)N[C@H](CC(=O)O)C(=O)N[C@H]1C(=O)N[C@H](CCCCN)C(=O)N[C@@H]2CC[C@@H](O)N(C2=O)[C@H](CC(C)C)C(=O)N(C)[C@@H](Cc2ccccc2)C(=O)N[C@@H](C(C)C)C(=O)O[C@H]1C. The van der Waals surface area contributed by atoms with Crippen LogP contribution in [0.2, 0.25) is 0 Å². The number of carboxylic acids is 1. The minimum Gasteiger partial charge on any atom is -0.481 e. The molecule has 1 aromatic carbocycles. The van der Waals surface area contributed by atoms with Crippen LogP contribution < -0.4 is 32.3 Å². The quantitative estimate of drug-likeness (QED) is 0.0741. The monoisotopic (exact) mass is 929 g/mol. The van der Waals surface area contributed by atoms with E-state index in [0.717, 1.165) is 11.3 Å². The summed E-state index contributed by atoms with van der Waals surface area (Å²) < 4.78 is 5.83. The summed E-state index contributed by atoms with van der Waals surface area (Å²) in [6.07, 6.45) is -1.10. The predicted molar refractivity (Wildman–Crippen MR) is 241 cm³/mol. The summed E-state index contributed by atoms with van der Waals surface area (Å²) in [6, 6.07) is -1.23. The van der Waals surface area contributed by atoms with Crippen molar-refractivity contribution in [2.45, 2.75) is 173 Å².